The molecule has 2 aromatic rings. The van der Waals surface area contributed by atoms with Gasteiger partial charge in [0.2, 0.25) is 5.91 Å². The third-order valence-corrected chi connectivity index (χ3v) is 3.32. The molecular weight excluding hydrogens is 322 g/mol. The number of benzene rings is 1. The van der Waals surface area contributed by atoms with Crippen LogP contribution in [0.3, 0.4) is 0 Å². The minimum absolute atomic E-state index is 0.274. The van der Waals surface area contributed by atoms with Gasteiger partial charge in [-0.05, 0) is 37.6 Å². The van der Waals surface area contributed by atoms with Crippen molar-refractivity contribution < 1.29 is 18.7 Å². The first-order valence-corrected chi connectivity index (χ1v) is 8.19. The van der Waals surface area contributed by atoms with Gasteiger partial charge in [0.1, 0.15) is 17.6 Å². The maximum atomic E-state index is 12.0. The third-order valence-electron chi connectivity index (χ3n) is 3.32. The summed E-state index contributed by atoms with van der Waals surface area (Å²) in [7, 11) is 0. The fourth-order valence-corrected chi connectivity index (χ4v) is 2.05. The molecule has 0 aliphatic rings. The van der Waals surface area contributed by atoms with E-state index >= 15 is 0 Å². The molecule has 134 valence electrons. The molecule has 3 N–H and O–H groups in total. The smallest absolute Gasteiger partial charge is 0.319 e. The zero-order valence-corrected chi connectivity index (χ0v) is 14.4. The second-order valence-electron chi connectivity index (χ2n) is 5.49. The molecule has 1 heterocycles. The maximum absolute atomic E-state index is 12.0. The van der Waals surface area contributed by atoms with Crippen molar-refractivity contribution in [1.82, 2.24) is 10.6 Å². The van der Waals surface area contributed by atoms with Gasteiger partial charge in [0.25, 0.3) is 0 Å². The van der Waals surface area contributed by atoms with Crippen LogP contribution in [0.2, 0.25) is 0 Å². The number of rotatable bonds is 8. The number of hydrogen-bond donors (Lipinski definition) is 3. The number of ether oxygens (including phenoxy) is 1. The van der Waals surface area contributed by atoms with Crippen LogP contribution < -0.4 is 20.7 Å². The van der Waals surface area contributed by atoms with E-state index in [2.05, 4.69) is 16.0 Å². The summed E-state index contributed by atoms with van der Waals surface area (Å²) in [6.45, 7) is 4.52. The molecule has 0 radical (unpaired) electrons. The van der Waals surface area contributed by atoms with Gasteiger partial charge in [-0.15, -0.1) is 0 Å². The molecule has 0 fully saturated rings. The monoisotopic (exact) mass is 345 g/mol. The molecule has 7 heteroatoms. The van der Waals surface area contributed by atoms with E-state index in [0.717, 1.165) is 6.42 Å². The molecule has 0 aliphatic heterocycles. The Balaban J connectivity index is 1.79. The summed E-state index contributed by atoms with van der Waals surface area (Å²) in [5.41, 5.74) is 0.592. The molecule has 2 rings (SSSR count). The van der Waals surface area contributed by atoms with Crippen LogP contribution in [-0.4, -0.2) is 24.6 Å². The van der Waals surface area contributed by atoms with Gasteiger partial charge in [0.15, 0.2) is 0 Å². The van der Waals surface area contributed by atoms with Gasteiger partial charge in [0, 0.05) is 11.8 Å². The van der Waals surface area contributed by atoms with Crippen molar-refractivity contribution in [3.05, 3.63) is 48.4 Å². The molecule has 25 heavy (non-hydrogen) atoms. The first kappa shape index (κ1) is 18.4. The second-order valence-corrected chi connectivity index (χ2v) is 5.49. The maximum Gasteiger partial charge on any atom is 0.319 e. The van der Waals surface area contributed by atoms with Crippen LogP contribution in [0.15, 0.2) is 47.1 Å². The molecule has 1 atom stereocenters. The Morgan fingerprint density at radius 2 is 2.08 bits per heavy atom. The average Bonchev–Trinajstić information content (AvgIpc) is 3.11. The van der Waals surface area contributed by atoms with E-state index < -0.39 is 12.1 Å². The Morgan fingerprint density at radius 3 is 2.80 bits per heavy atom. The number of amides is 3. The van der Waals surface area contributed by atoms with Gasteiger partial charge in [-0.1, -0.05) is 13.0 Å². The number of carbonyl (C=O) groups excluding carboxylic acids is 2. The highest BCUT2D eigenvalue weighted by Crippen LogP contribution is 2.17. The number of urea groups is 1. The zero-order chi connectivity index (χ0) is 18.1. The summed E-state index contributed by atoms with van der Waals surface area (Å²) >= 11 is 0. The van der Waals surface area contributed by atoms with E-state index in [1.165, 1.54) is 6.26 Å². The highest BCUT2D eigenvalue weighted by Gasteiger charge is 2.15. The van der Waals surface area contributed by atoms with Gasteiger partial charge in [-0.25, -0.2) is 4.79 Å². The van der Waals surface area contributed by atoms with Crippen molar-refractivity contribution in [3.8, 4) is 5.75 Å². The van der Waals surface area contributed by atoms with E-state index in [9.17, 15) is 9.59 Å². The first-order chi connectivity index (χ1) is 12.1. The number of carbonyl (C=O) groups is 2. The van der Waals surface area contributed by atoms with Crippen LogP contribution in [0.4, 0.5) is 10.5 Å². The third kappa shape index (κ3) is 6.21. The molecule has 1 aromatic heterocycles. The first-order valence-electron chi connectivity index (χ1n) is 8.19. The molecule has 0 saturated heterocycles. The molecule has 7 nitrogen and oxygen atoms in total. The minimum atomic E-state index is -0.686. The standard InChI is InChI=1S/C18H23N3O4/c1-3-9-24-15-7-4-6-14(11-15)21-18(23)20-13(2)17(22)19-12-16-8-5-10-25-16/h4-8,10-11,13H,3,9,12H2,1-2H3,(H,19,22)(H2,20,21,23)/t13-/m0/s1. The predicted octanol–water partition coefficient (Wildman–Crippen LogP) is 2.89. The van der Waals surface area contributed by atoms with E-state index in [4.69, 9.17) is 9.15 Å². The molecule has 0 aliphatic carbocycles. The van der Waals surface area contributed by atoms with Crippen LogP contribution >= 0.6 is 0 Å². The summed E-state index contributed by atoms with van der Waals surface area (Å²) in [5, 5.41) is 7.96. The number of nitrogens with one attached hydrogen (secondary N) is 3. The summed E-state index contributed by atoms with van der Waals surface area (Å²) < 4.78 is 10.7. The minimum Gasteiger partial charge on any atom is -0.494 e. The van der Waals surface area contributed by atoms with E-state index in [1.54, 1.807) is 37.3 Å². The fraction of sp³-hybridized carbons (Fsp3) is 0.333. The highest BCUT2D eigenvalue weighted by atomic mass is 16.5. The van der Waals surface area contributed by atoms with Crippen molar-refractivity contribution >= 4 is 17.6 Å². The average molecular weight is 345 g/mol. The predicted molar refractivity (Wildman–Crippen MR) is 94.4 cm³/mol. The van der Waals surface area contributed by atoms with E-state index in [-0.39, 0.29) is 12.5 Å². The Labute approximate surface area is 146 Å². The molecule has 0 bridgehead atoms. The van der Waals surface area contributed by atoms with Gasteiger partial charge in [0.05, 0.1) is 19.4 Å². The highest BCUT2D eigenvalue weighted by molar-refractivity contribution is 5.93. The van der Waals surface area contributed by atoms with Gasteiger partial charge in [-0.2, -0.15) is 0 Å². The fourth-order valence-electron chi connectivity index (χ4n) is 2.05. The molecule has 1 aromatic carbocycles. The molecule has 0 unspecified atom stereocenters. The number of furan rings is 1. The Kier molecular flexibility index (Phi) is 6.88. The quantitative estimate of drug-likeness (QED) is 0.686. The van der Waals surface area contributed by atoms with Gasteiger partial charge < -0.3 is 25.1 Å². The Morgan fingerprint density at radius 1 is 1.24 bits per heavy atom. The normalized spacial score (nSPS) is 11.4. The topological polar surface area (TPSA) is 92.6 Å². The van der Waals surface area contributed by atoms with Crippen LogP contribution in [0.25, 0.3) is 0 Å². The molecular formula is C18H23N3O4. The lowest BCUT2D eigenvalue weighted by Gasteiger charge is -2.15. The van der Waals surface area contributed by atoms with Crippen LogP contribution in [0.1, 0.15) is 26.0 Å². The second kappa shape index (κ2) is 9.36. The molecule has 0 saturated carbocycles. The van der Waals surface area contributed by atoms with Crippen molar-refractivity contribution in [2.24, 2.45) is 0 Å². The van der Waals surface area contributed by atoms with Crippen molar-refractivity contribution in [1.29, 1.82) is 0 Å². The van der Waals surface area contributed by atoms with Crippen molar-refractivity contribution in [3.63, 3.8) is 0 Å². The van der Waals surface area contributed by atoms with Gasteiger partial charge >= 0.3 is 6.03 Å². The lowest BCUT2D eigenvalue weighted by atomic mass is 10.3. The van der Waals surface area contributed by atoms with Crippen molar-refractivity contribution in [2.75, 3.05) is 11.9 Å². The summed E-state index contributed by atoms with van der Waals surface area (Å²) in [4.78, 5) is 24.0. The van der Waals surface area contributed by atoms with Crippen LogP contribution in [0, 0.1) is 0 Å². The molecule has 0 spiro atoms. The summed E-state index contributed by atoms with van der Waals surface area (Å²) in [5.74, 6) is 1.03. The lowest BCUT2D eigenvalue weighted by Crippen LogP contribution is -2.46. The summed E-state index contributed by atoms with van der Waals surface area (Å²) in [6.07, 6.45) is 2.44. The Hall–Kier alpha value is -2.96. The number of anilines is 1. The SMILES string of the molecule is CCCOc1cccc(NC(=O)N[C@@H](C)C(=O)NCc2ccco2)c1. The Bertz CT molecular complexity index is 685. The number of hydrogen-bond acceptors (Lipinski definition) is 4. The van der Waals surface area contributed by atoms with E-state index in [0.29, 0.717) is 23.8 Å². The zero-order valence-electron chi connectivity index (χ0n) is 14.4. The lowest BCUT2D eigenvalue weighted by molar-refractivity contribution is -0.122. The van der Waals surface area contributed by atoms with Crippen LogP contribution in [-0.2, 0) is 11.3 Å². The van der Waals surface area contributed by atoms with Crippen molar-refractivity contribution in [2.45, 2.75) is 32.9 Å². The summed E-state index contributed by atoms with van der Waals surface area (Å²) in [6, 6.07) is 9.46. The largest absolute Gasteiger partial charge is 0.494 e. The van der Waals surface area contributed by atoms with Crippen LogP contribution in [0.5, 0.6) is 5.75 Å². The van der Waals surface area contributed by atoms with E-state index in [1.807, 2.05) is 13.0 Å². The van der Waals surface area contributed by atoms with Gasteiger partial charge in [-0.3, -0.25) is 4.79 Å². The molecule has 3 amide bonds.